The first-order valence-corrected chi connectivity index (χ1v) is 11.0. The average molecular weight is 415 g/mol. The van der Waals surface area contributed by atoms with Crippen LogP contribution < -0.4 is 5.32 Å². The highest BCUT2D eigenvalue weighted by molar-refractivity contribution is 7.99. The van der Waals surface area contributed by atoms with Crippen LogP contribution in [0.2, 0.25) is 0 Å². The van der Waals surface area contributed by atoms with Crippen LogP contribution in [0, 0.1) is 0 Å². The van der Waals surface area contributed by atoms with Gasteiger partial charge in [-0.3, -0.25) is 9.36 Å². The summed E-state index contributed by atoms with van der Waals surface area (Å²) < 4.78 is 10.6. The Labute approximate surface area is 167 Å². The summed E-state index contributed by atoms with van der Waals surface area (Å²) in [4.78, 5) is 13.6. The Kier molecular flexibility index (Phi) is 4.38. The van der Waals surface area contributed by atoms with Crippen molar-refractivity contribution in [2.24, 2.45) is 0 Å². The molecule has 0 bridgehead atoms. The highest BCUT2D eigenvalue weighted by Gasteiger charge is 2.30. The predicted molar refractivity (Wildman–Crippen MR) is 108 cm³/mol. The van der Waals surface area contributed by atoms with E-state index in [1.807, 2.05) is 29.6 Å². The zero-order valence-corrected chi connectivity index (χ0v) is 16.5. The highest BCUT2D eigenvalue weighted by Crippen LogP contribution is 2.41. The fraction of sp³-hybridized carbons (Fsp3) is 0.235. The van der Waals surface area contributed by atoms with Crippen LogP contribution in [0.4, 0.5) is 5.69 Å². The van der Waals surface area contributed by atoms with E-state index >= 15 is 0 Å². The molecular formula is C17H14N6OS3. The Morgan fingerprint density at radius 1 is 1.22 bits per heavy atom. The average Bonchev–Trinajstić information content (AvgIpc) is 3.09. The van der Waals surface area contributed by atoms with Gasteiger partial charge in [0.15, 0.2) is 11.0 Å². The summed E-state index contributed by atoms with van der Waals surface area (Å²) in [5.74, 6) is 1.07. The van der Waals surface area contributed by atoms with Gasteiger partial charge in [0.25, 0.3) is 0 Å². The van der Waals surface area contributed by atoms with Crippen molar-refractivity contribution in [3.63, 3.8) is 0 Å². The Balaban J connectivity index is 1.31. The summed E-state index contributed by atoms with van der Waals surface area (Å²) in [7, 11) is 0. The summed E-state index contributed by atoms with van der Waals surface area (Å²) in [5, 5.41) is 14.5. The van der Waals surface area contributed by atoms with E-state index in [1.54, 1.807) is 11.3 Å². The minimum absolute atomic E-state index is 0.0940. The molecule has 3 heterocycles. The molecule has 0 unspecified atom stereocenters. The molecule has 0 aliphatic heterocycles. The zero-order valence-electron chi connectivity index (χ0n) is 14.0. The van der Waals surface area contributed by atoms with E-state index < -0.39 is 0 Å². The van der Waals surface area contributed by atoms with Crippen LogP contribution in [0.25, 0.3) is 21.7 Å². The van der Waals surface area contributed by atoms with E-state index in [1.165, 1.54) is 11.8 Å². The molecule has 0 saturated heterocycles. The van der Waals surface area contributed by atoms with Gasteiger partial charge in [0.05, 0.1) is 28.0 Å². The van der Waals surface area contributed by atoms with E-state index in [2.05, 4.69) is 34.9 Å². The number of hydrogen-bond donors (Lipinski definition) is 1. The summed E-state index contributed by atoms with van der Waals surface area (Å²) in [6.07, 6.45) is 2.27. The lowest BCUT2D eigenvalue weighted by Crippen LogP contribution is -2.15. The SMILES string of the molecule is O=C(CSc1nnc(-c2cccs2)n1C1CC1)Nc1cccc2nsnc12. The van der Waals surface area contributed by atoms with Gasteiger partial charge in [-0.2, -0.15) is 8.75 Å². The second kappa shape index (κ2) is 7.02. The summed E-state index contributed by atoms with van der Waals surface area (Å²) >= 11 is 4.21. The summed E-state index contributed by atoms with van der Waals surface area (Å²) in [6, 6.07) is 10.1. The van der Waals surface area contributed by atoms with Crippen molar-refractivity contribution < 1.29 is 4.79 Å². The molecule has 1 saturated carbocycles. The molecule has 5 rings (SSSR count). The lowest BCUT2D eigenvalue weighted by molar-refractivity contribution is -0.113. The number of carbonyl (C=O) groups excluding carboxylic acids is 1. The van der Waals surface area contributed by atoms with Crippen molar-refractivity contribution in [1.29, 1.82) is 0 Å². The number of fused-ring (bicyclic) bond motifs is 1. The van der Waals surface area contributed by atoms with Crippen LogP contribution in [-0.2, 0) is 4.79 Å². The molecule has 1 aliphatic rings. The van der Waals surface area contributed by atoms with Gasteiger partial charge in [0.2, 0.25) is 5.91 Å². The summed E-state index contributed by atoms with van der Waals surface area (Å²) in [5.41, 5.74) is 2.20. The van der Waals surface area contributed by atoms with Gasteiger partial charge in [0, 0.05) is 6.04 Å². The van der Waals surface area contributed by atoms with Crippen molar-refractivity contribution in [2.75, 3.05) is 11.1 Å². The van der Waals surface area contributed by atoms with Gasteiger partial charge in [0.1, 0.15) is 11.0 Å². The smallest absolute Gasteiger partial charge is 0.234 e. The molecule has 4 aromatic rings. The molecule has 136 valence electrons. The largest absolute Gasteiger partial charge is 0.323 e. The summed E-state index contributed by atoms with van der Waals surface area (Å²) in [6.45, 7) is 0. The number of aromatic nitrogens is 5. The molecule has 1 aromatic carbocycles. The molecule has 27 heavy (non-hydrogen) atoms. The topological polar surface area (TPSA) is 85.6 Å². The third kappa shape index (κ3) is 3.35. The number of hydrogen-bond acceptors (Lipinski definition) is 8. The minimum Gasteiger partial charge on any atom is -0.323 e. The maximum Gasteiger partial charge on any atom is 0.234 e. The van der Waals surface area contributed by atoms with E-state index in [4.69, 9.17) is 0 Å². The molecule has 1 fully saturated rings. The number of nitrogens with zero attached hydrogens (tertiary/aromatic N) is 5. The highest BCUT2D eigenvalue weighted by atomic mass is 32.2. The van der Waals surface area contributed by atoms with Crippen LogP contribution in [0.15, 0.2) is 40.9 Å². The van der Waals surface area contributed by atoms with Crippen LogP contribution in [0.5, 0.6) is 0 Å². The first-order chi connectivity index (χ1) is 13.3. The van der Waals surface area contributed by atoms with Crippen LogP contribution in [0.3, 0.4) is 0 Å². The second-order valence-electron chi connectivity index (χ2n) is 6.16. The van der Waals surface area contributed by atoms with Crippen molar-refractivity contribution >= 4 is 57.5 Å². The van der Waals surface area contributed by atoms with Gasteiger partial charge >= 0.3 is 0 Å². The molecule has 1 N–H and O–H groups in total. The lowest BCUT2D eigenvalue weighted by atomic mass is 10.2. The number of nitrogens with one attached hydrogen (secondary N) is 1. The first kappa shape index (κ1) is 16.8. The zero-order chi connectivity index (χ0) is 18.2. The van der Waals surface area contributed by atoms with Crippen molar-refractivity contribution in [1.82, 2.24) is 23.5 Å². The number of anilines is 1. The minimum atomic E-state index is -0.0940. The molecular weight excluding hydrogens is 400 g/mol. The number of rotatable bonds is 6. The second-order valence-corrected chi connectivity index (χ2v) is 8.58. The fourth-order valence-corrected chi connectivity index (χ4v) is 4.90. The number of thioether (sulfide) groups is 1. The van der Waals surface area contributed by atoms with Crippen molar-refractivity contribution in [3.8, 4) is 10.7 Å². The van der Waals surface area contributed by atoms with Crippen LogP contribution in [0.1, 0.15) is 18.9 Å². The number of benzene rings is 1. The van der Waals surface area contributed by atoms with E-state index in [9.17, 15) is 4.79 Å². The quantitative estimate of drug-likeness (QED) is 0.479. The number of carbonyl (C=O) groups is 1. The molecule has 10 heteroatoms. The molecule has 7 nitrogen and oxygen atoms in total. The molecule has 0 atom stereocenters. The Morgan fingerprint density at radius 2 is 2.15 bits per heavy atom. The van der Waals surface area contributed by atoms with E-state index in [0.717, 1.165) is 51.5 Å². The van der Waals surface area contributed by atoms with E-state index in [-0.39, 0.29) is 11.7 Å². The third-order valence-electron chi connectivity index (χ3n) is 4.21. The third-order valence-corrected chi connectivity index (χ3v) is 6.56. The Hall–Kier alpha value is -2.30. The molecule has 0 radical (unpaired) electrons. The van der Waals surface area contributed by atoms with Crippen LogP contribution in [-0.4, -0.2) is 35.2 Å². The number of thiophene rings is 1. The molecule has 1 amide bonds. The Morgan fingerprint density at radius 3 is 2.96 bits per heavy atom. The van der Waals surface area contributed by atoms with Gasteiger partial charge in [-0.25, -0.2) is 0 Å². The van der Waals surface area contributed by atoms with Crippen LogP contribution >= 0.6 is 34.8 Å². The predicted octanol–water partition coefficient (Wildman–Crippen LogP) is 4.08. The fourth-order valence-electron chi connectivity index (χ4n) is 2.83. The standard InChI is InChI=1S/C17H14N6OS3/c24-14(18-11-3-1-4-12-15(11)22-27-21-12)9-26-17-20-19-16(13-5-2-8-25-13)23(17)10-6-7-10/h1-5,8,10H,6-7,9H2,(H,18,24). The van der Waals surface area contributed by atoms with E-state index in [0.29, 0.717) is 11.7 Å². The molecule has 0 spiro atoms. The van der Waals surface area contributed by atoms with Gasteiger partial charge in [-0.1, -0.05) is 23.9 Å². The molecule has 3 aromatic heterocycles. The first-order valence-electron chi connectivity index (χ1n) is 8.42. The van der Waals surface area contributed by atoms with Crippen molar-refractivity contribution in [3.05, 3.63) is 35.7 Å². The maximum absolute atomic E-state index is 12.5. The van der Waals surface area contributed by atoms with Gasteiger partial charge in [-0.15, -0.1) is 21.5 Å². The van der Waals surface area contributed by atoms with Crippen molar-refractivity contribution in [2.45, 2.75) is 24.0 Å². The molecule has 1 aliphatic carbocycles. The van der Waals surface area contributed by atoms with Gasteiger partial charge in [-0.05, 0) is 36.4 Å². The monoisotopic (exact) mass is 414 g/mol. The maximum atomic E-state index is 12.5. The number of amides is 1. The van der Waals surface area contributed by atoms with Gasteiger partial charge < -0.3 is 5.32 Å². The lowest BCUT2D eigenvalue weighted by Gasteiger charge is -2.08. The Bertz CT molecular complexity index is 1100. The normalized spacial score (nSPS) is 13.9.